The summed E-state index contributed by atoms with van der Waals surface area (Å²) in [5.41, 5.74) is 0.323. The third-order valence-corrected chi connectivity index (χ3v) is 3.42. The number of alkyl halides is 3. The number of nitrogens with zero attached hydrogens (tertiary/aromatic N) is 1. The first-order chi connectivity index (χ1) is 10.9. The van der Waals surface area contributed by atoms with Gasteiger partial charge in [-0.1, -0.05) is 0 Å². The van der Waals surface area contributed by atoms with E-state index in [2.05, 4.69) is 0 Å². The molecule has 0 N–H and O–H groups in total. The number of carbonyl (C=O) groups excluding carboxylic acids is 1. The highest BCUT2D eigenvalue weighted by molar-refractivity contribution is 5.95. The summed E-state index contributed by atoms with van der Waals surface area (Å²) in [6.07, 6.45) is -4.73. The van der Waals surface area contributed by atoms with Crippen LogP contribution in [0.5, 0.6) is 5.75 Å². The number of rotatable bonds is 2. The van der Waals surface area contributed by atoms with Crippen LogP contribution in [0.15, 0.2) is 18.3 Å². The quantitative estimate of drug-likeness (QED) is 0.783. The molecule has 0 aliphatic carbocycles. The number of hydrogen-bond donors (Lipinski definition) is 0. The third kappa shape index (κ3) is 3.83. The largest absolute Gasteiger partial charge is 0.496 e. The molecule has 0 saturated heterocycles. The van der Waals surface area contributed by atoms with Crippen molar-refractivity contribution in [3.05, 3.63) is 29.5 Å². The van der Waals surface area contributed by atoms with Crippen molar-refractivity contribution in [3.63, 3.8) is 0 Å². The number of hydrogen-bond acceptors (Lipinski definition) is 3. The van der Waals surface area contributed by atoms with E-state index in [1.54, 1.807) is 27.7 Å². The Labute approximate surface area is 138 Å². The molecule has 7 heteroatoms. The van der Waals surface area contributed by atoms with Crippen molar-refractivity contribution in [1.82, 2.24) is 4.57 Å². The van der Waals surface area contributed by atoms with Crippen LogP contribution in [-0.4, -0.2) is 29.5 Å². The number of halogens is 3. The maximum Gasteiger partial charge on any atom is 0.419 e. The molecule has 132 valence electrons. The van der Waals surface area contributed by atoms with Crippen molar-refractivity contribution in [2.45, 2.75) is 45.9 Å². The monoisotopic (exact) mass is 343 g/mol. The highest BCUT2D eigenvalue weighted by atomic mass is 19.4. The molecule has 0 radical (unpaired) electrons. The minimum atomic E-state index is -4.39. The summed E-state index contributed by atoms with van der Waals surface area (Å²) in [4.78, 5) is 12.3. The fourth-order valence-electron chi connectivity index (χ4n) is 2.59. The first-order valence-electron chi connectivity index (χ1n) is 7.40. The van der Waals surface area contributed by atoms with Gasteiger partial charge in [0.2, 0.25) is 0 Å². The molecule has 2 aromatic rings. The Balaban J connectivity index is 2.63. The lowest BCUT2D eigenvalue weighted by molar-refractivity contribution is -0.127. The average molecular weight is 343 g/mol. The molecule has 4 nitrogen and oxygen atoms in total. The van der Waals surface area contributed by atoms with E-state index in [0.29, 0.717) is 16.5 Å². The predicted octanol–water partition coefficient (Wildman–Crippen LogP) is 4.85. The summed E-state index contributed by atoms with van der Waals surface area (Å²) >= 11 is 0. The SMILES string of the molecule is COc1cc(C)c2c(ccn2C(=O)OC(C)(C)C)c1CC(F)(F)F. The minimum Gasteiger partial charge on any atom is -0.496 e. The molecule has 0 unspecified atom stereocenters. The molecule has 0 spiro atoms. The smallest absolute Gasteiger partial charge is 0.419 e. The van der Waals surface area contributed by atoms with E-state index in [9.17, 15) is 18.0 Å². The first kappa shape index (κ1) is 18.2. The van der Waals surface area contributed by atoms with E-state index in [1.165, 1.54) is 30.0 Å². The molecule has 0 aliphatic heterocycles. The topological polar surface area (TPSA) is 40.5 Å². The van der Waals surface area contributed by atoms with E-state index in [0.717, 1.165) is 0 Å². The van der Waals surface area contributed by atoms with Crippen LogP contribution in [0.2, 0.25) is 0 Å². The molecule has 0 fully saturated rings. The third-order valence-electron chi connectivity index (χ3n) is 3.42. The van der Waals surface area contributed by atoms with Crippen LogP contribution in [0.25, 0.3) is 10.9 Å². The second-order valence-electron chi connectivity index (χ2n) is 6.59. The van der Waals surface area contributed by atoms with Gasteiger partial charge in [-0.05, 0) is 45.4 Å². The van der Waals surface area contributed by atoms with Crippen molar-refractivity contribution in [3.8, 4) is 5.75 Å². The number of benzene rings is 1. The maximum atomic E-state index is 12.9. The molecule has 1 aromatic heterocycles. The van der Waals surface area contributed by atoms with Crippen molar-refractivity contribution >= 4 is 17.0 Å². The van der Waals surface area contributed by atoms with Crippen LogP contribution in [0, 0.1) is 6.92 Å². The number of ether oxygens (including phenoxy) is 2. The first-order valence-corrected chi connectivity index (χ1v) is 7.40. The number of methoxy groups -OCH3 is 1. The standard InChI is InChI=1S/C17H20F3NO3/c1-10-8-13(23-5)12(9-17(18,19)20)11-6-7-21(14(10)11)15(22)24-16(2,3)4/h6-8H,9H2,1-5H3. The van der Waals surface area contributed by atoms with Gasteiger partial charge in [-0.25, -0.2) is 4.79 Å². The van der Waals surface area contributed by atoms with Crippen LogP contribution in [-0.2, 0) is 11.2 Å². The minimum absolute atomic E-state index is 0.00732. The van der Waals surface area contributed by atoms with Gasteiger partial charge in [0.05, 0.1) is 19.0 Å². The van der Waals surface area contributed by atoms with Gasteiger partial charge in [0.25, 0.3) is 0 Å². The molecule has 1 heterocycles. The molecular weight excluding hydrogens is 323 g/mol. The van der Waals surface area contributed by atoms with Gasteiger partial charge in [0.15, 0.2) is 0 Å². The van der Waals surface area contributed by atoms with E-state index >= 15 is 0 Å². The molecule has 2 rings (SSSR count). The molecule has 0 atom stereocenters. The molecule has 0 amide bonds. The van der Waals surface area contributed by atoms with Crippen molar-refractivity contribution in [2.24, 2.45) is 0 Å². The van der Waals surface area contributed by atoms with Crippen LogP contribution in [0.3, 0.4) is 0 Å². The normalized spacial score (nSPS) is 12.5. The average Bonchev–Trinajstić information content (AvgIpc) is 2.84. The molecule has 0 aliphatic rings. The Bertz CT molecular complexity index is 770. The molecule has 1 aromatic carbocycles. The zero-order valence-electron chi connectivity index (χ0n) is 14.2. The Morgan fingerprint density at radius 2 is 1.88 bits per heavy atom. The summed E-state index contributed by atoms with van der Waals surface area (Å²) in [7, 11) is 1.32. The van der Waals surface area contributed by atoms with Crippen molar-refractivity contribution < 1.29 is 27.4 Å². The van der Waals surface area contributed by atoms with E-state index < -0.39 is 24.3 Å². The highest BCUT2D eigenvalue weighted by Crippen LogP contribution is 2.36. The number of aromatic nitrogens is 1. The lowest BCUT2D eigenvalue weighted by atomic mass is 10.0. The second kappa shape index (κ2) is 6.03. The summed E-state index contributed by atoms with van der Waals surface area (Å²) in [6, 6.07) is 2.99. The summed E-state index contributed by atoms with van der Waals surface area (Å²) in [5, 5.41) is 0.329. The fourth-order valence-corrected chi connectivity index (χ4v) is 2.59. The Kier molecular flexibility index (Phi) is 4.57. The van der Waals surface area contributed by atoms with Gasteiger partial charge in [-0.15, -0.1) is 0 Å². The number of fused-ring (bicyclic) bond motifs is 1. The molecular formula is C17H20F3NO3. The summed E-state index contributed by atoms with van der Waals surface area (Å²) in [6.45, 7) is 6.88. The van der Waals surface area contributed by atoms with Crippen molar-refractivity contribution in [1.29, 1.82) is 0 Å². The second-order valence-corrected chi connectivity index (χ2v) is 6.59. The van der Waals surface area contributed by atoms with Crippen LogP contribution >= 0.6 is 0 Å². The number of carbonyl (C=O) groups is 1. The lowest BCUT2D eigenvalue weighted by Gasteiger charge is -2.20. The fraction of sp³-hybridized carbons (Fsp3) is 0.471. The van der Waals surface area contributed by atoms with Crippen LogP contribution < -0.4 is 4.74 Å². The van der Waals surface area contributed by atoms with E-state index in [1.807, 2.05) is 0 Å². The Hall–Kier alpha value is -2.18. The van der Waals surface area contributed by atoms with Crippen LogP contribution in [0.4, 0.5) is 18.0 Å². The van der Waals surface area contributed by atoms with Gasteiger partial charge < -0.3 is 9.47 Å². The molecule has 0 bridgehead atoms. The summed E-state index contributed by atoms with van der Waals surface area (Å²) < 4.78 is 50.4. The zero-order valence-corrected chi connectivity index (χ0v) is 14.2. The Morgan fingerprint density at radius 1 is 1.25 bits per heavy atom. The Morgan fingerprint density at radius 3 is 2.38 bits per heavy atom. The molecule has 0 saturated carbocycles. The lowest BCUT2D eigenvalue weighted by Crippen LogP contribution is -2.26. The van der Waals surface area contributed by atoms with Gasteiger partial charge in [-0.3, -0.25) is 4.57 Å². The summed E-state index contributed by atoms with van der Waals surface area (Å²) in [5.74, 6) is 0.152. The highest BCUT2D eigenvalue weighted by Gasteiger charge is 2.32. The van der Waals surface area contributed by atoms with Crippen molar-refractivity contribution in [2.75, 3.05) is 7.11 Å². The molecule has 24 heavy (non-hydrogen) atoms. The van der Waals surface area contributed by atoms with E-state index in [4.69, 9.17) is 9.47 Å². The van der Waals surface area contributed by atoms with Gasteiger partial charge in [0, 0.05) is 17.1 Å². The van der Waals surface area contributed by atoms with Gasteiger partial charge in [-0.2, -0.15) is 13.2 Å². The number of aryl methyl sites for hydroxylation is 1. The van der Waals surface area contributed by atoms with Crippen LogP contribution in [0.1, 0.15) is 31.9 Å². The zero-order chi connectivity index (χ0) is 18.3. The van der Waals surface area contributed by atoms with Gasteiger partial charge in [0.1, 0.15) is 11.4 Å². The predicted molar refractivity (Wildman–Crippen MR) is 84.6 cm³/mol. The van der Waals surface area contributed by atoms with Gasteiger partial charge >= 0.3 is 12.3 Å². The maximum absolute atomic E-state index is 12.9. The van der Waals surface area contributed by atoms with E-state index in [-0.39, 0.29) is 11.3 Å².